The van der Waals surface area contributed by atoms with Crippen LogP contribution in [0.5, 0.6) is 0 Å². The largest absolute Gasteiger partial charge is 0.361 e. The quantitative estimate of drug-likeness (QED) is 0.846. The summed E-state index contributed by atoms with van der Waals surface area (Å²) in [4.78, 5) is 26.6. The molecule has 1 aliphatic carbocycles. The zero-order valence-corrected chi connectivity index (χ0v) is 14.4. The molecule has 0 atom stereocenters. The van der Waals surface area contributed by atoms with Crippen molar-refractivity contribution >= 4 is 5.91 Å². The first-order valence-electron chi connectivity index (χ1n) is 8.92. The summed E-state index contributed by atoms with van der Waals surface area (Å²) in [7, 11) is 0. The first kappa shape index (κ1) is 16.1. The second-order valence-electron chi connectivity index (χ2n) is 7.02. The second-order valence-corrected chi connectivity index (χ2v) is 7.02. The van der Waals surface area contributed by atoms with Crippen LogP contribution < -0.4 is 5.56 Å². The van der Waals surface area contributed by atoms with Gasteiger partial charge < -0.3 is 9.42 Å². The molecule has 0 saturated carbocycles. The highest BCUT2D eigenvalue weighted by atomic mass is 16.5. The van der Waals surface area contributed by atoms with E-state index in [0.29, 0.717) is 36.9 Å². The van der Waals surface area contributed by atoms with Gasteiger partial charge in [0.2, 0.25) is 0 Å². The maximum Gasteiger partial charge on any atom is 0.267 e. The van der Waals surface area contributed by atoms with E-state index in [9.17, 15) is 9.59 Å². The highest BCUT2D eigenvalue weighted by Gasteiger charge is 2.26. The summed E-state index contributed by atoms with van der Waals surface area (Å²) in [5, 5.41) is 8.23. The number of nitrogens with zero attached hydrogens (tertiary/aromatic N) is 4. The van der Waals surface area contributed by atoms with E-state index >= 15 is 0 Å². The average molecular weight is 342 g/mol. The van der Waals surface area contributed by atoms with Gasteiger partial charge in [0.25, 0.3) is 11.5 Å². The Morgan fingerprint density at radius 3 is 2.84 bits per heavy atom. The molecule has 3 heterocycles. The molecule has 0 aromatic carbocycles. The number of aromatic nitrogens is 3. The lowest BCUT2D eigenvalue weighted by Crippen LogP contribution is -2.40. The molecule has 1 aliphatic heterocycles. The molecule has 1 fully saturated rings. The molecule has 7 heteroatoms. The zero-order valence-electron chi connectivity index (χ0n) is 14.4. The molecular weight excluding hydrogens is 320 g/mol. The fourth-order valence-electron chi connectivity index (χ4n) is 3.81. The molecule has 2 aliphatic rings. The molecule has 2 aromatic heterocycles. The van der Waals surface area contributed by atoms with Gasteiger partial charge in [-0.3, -0.25) is 9.59 Å². The summed E-state index contributed by atoms with van der Waals surface area (Å²) in [6, 6.07) is 1.75. The number of aryl methyl sites for hydroxylation is 3. The molecule has 132 valence electrons. The third kappa shape index (κ3) is 3.10. The lowest BCUT2D eigenvalue weighted by molar-refractivity contribution is 0.0678. The molecule has 1 saturated heterocycles. The molecule has 4 rings (SSSR count). The van der Waals surface area contributed by atoms with E-state index in [0.717, 1.165) is 43.4 Å². The first-order chi connectivity index (χ1) is 12.1. The lowest BCUT2D eigenvalue weighted by Gasteiger charge is -2.31. The first-order valence-corrected chi connectivity index (χ1v) is 8.92. The predicted octanol–water partition coefficient (Wildman–Crippen LogP) is 1.58. The highest BCUT2D eigenvalue weighted by Crippen LogP contribution is 2.22. The maximum absolute atomic E-state index is 12.5. The SMILES string of the molecule is Cc1oncc1C(=O)N1CCC(Cn2nc3c(cc2=O)CCC3)CC1. The van der Waals surface area contributed by atoms with E-state index < -0.39 is 0 Å². The summed E-state index contributed by atoms with van der Waals surface area (Å²) in [5.74, 6) is 0.906. The minimum absolute atomic E-state index is 0.000692. The Morgan fingerprint density at radius 2 is 2.12 bits per heavy atom. The number of carbonyl (C=O) groups is 1. The van der Waals surface area contributed by atoms with Crippen LogP contribution in [-0.2, 0) is 19.4 Å². The lowest BCUT2D eigenvalue weighted by atomic mass is 9.96. The van der Waals surface area contributed by atoms with Crippen molar-refractivity contribution in [1.82, 2.24) is 19.8 Å². The van der Waals surface area contributed by atoms with Crippen molar-refractivity contribution in [2.75, 3.05) is 13.1 Å². The van der Waals surface area contributed by atoms with Crippen molar-refractivity contribution in [1.29, 1.82) is 0 Å². The summed E-state index contributed by atoms with van der Waals surface area (Å²) >= 11 is 0. The average Bonchev–Trinajstić information content (AvgIpc) is 3.23. The smallest absolute Gasteiger partial charge is 0.267 e. The Kier molecular flexibility index (Phi) is 4.15. The standard InChI is InChI=1S/C18H22N4O3/c1-12-15(10-19-25-12)18(24)21-7-5-13(6-8-21)11-22-17(23)9-14-3-2-4-16(14)20-22/h9-10,13H,2-8,11H2,1H3. The Hall–Kier alpha value is -2.44. The van der Waals surface area contributed by atoms with Gasteiger partial charge in [-0.05, 0) is 50.5 Å². The third-order valence-electron chi connectivity index (χ3n) is 5.34. The molecule has 2 aromatic rings. The number of piperidine rings is 1. The molecule has 0 radical (unpaired) electrons. The fourth-order valence-corrected chi connectivity index (χ4v) is 3.81. The predicted molar refractivity (Wildman–Crippen MR) is 90.4 cm³/mol. The maximum atomic E-state index is 12.5. The number of fused-ring (bicyclic) bond motifs is 1. The topological polar surface area (TPSA) is 81.2 Å². The molecule has 0 unspecified atom stereocenters. The van der Waals surface area contributed by atoms with E-state index in [2.05, 4.69) is 10.3 Å². The minimum atomic E-state index is -0.0231. The summed E-state index contributed by atoms with van der Waals surface area (Å²) in [6.07, 6.45) is 6.27. The van der Waals surface area contributed by atoms with E-state index in [1.807, 2.05) is 4.90 Å². The molecule has 25 heavy (non-hydrogen) atoms. The van der Waals surface area contributed by atoms with Crippen LogP contribution >= 0.6 is 0 Å². The van der Waals surface area contributed by atoms with Crippen molar-refractivity contribution in [3.8, 4) is 0 Å². The van der Waals surface area contributed by atoms with Gasteiger partial charge in [0.05, 0.1) is 11.9 Å². The number of hydrogen-bond donors (Lipinski definition) is 0. The monoisotopic (exact) mass is 342 g/mol. The van der Waals surface area contributed by atoms with Gasteiger partial charge in [0.15, 0.2) is 0 Å². The molecule has 7 nitrogen and oxygen atoms in total. The van der Waals surface area contributed by atoms with E-state index in [1.54, 1.807) is 17.7 Å². The molecule has 1 amide bonds. The van der Waals surface area contributed by atoms with Crippen LogP contribution in [0, 0.1) is 12.8 Å². The third-order valence-corrected chi connectivity index (χ3v) is 5.34. The van der Waals surface area contributed by atoms with E-state index in [4.69, 9.17) is 4.52 Å². The van der Waals surface area contributed by atoms with Gasteiger partial charge >= 0.3 is 0 Å². The highest BCUT2D eigenvalue weighted by molar-refractivity contribution is 5.94. The Labute approximate surface area is 145 Å². The van der Waals surface area contributed by atoms with E-state index in [-0.39, 0.29) is 11.5 Å². The van der Waals surface area contributed by atoms with Crippen LogP contribution in [0.3, 0.4) is 0 Å². The van der Waals surface area contributed by atoms with Crippen LogP contribution in [-0.4, -0.2) is 38.8 Å². The van der Waals surface area contributed by atoms with Crippen molar-refractivity contribution in [3.63, 3.8) is 0 Å². The van der Waals surface area contributed by atoms with Crippen molar-refractivity contribution in [3.05, 3.63) is 45.2 Å². The zero-order chi connectivity index (χ0) is 17.4. The Bertz CT molecular complexity index is 846. The molecule has 0 spiro atoms. The van der Waals surface area contributed by atoms with Gasteiger partial charge in [-0.25, -0.2) is 4.68 Å². The summed E-state index contributed by atoms with van der Waals surface area (Å²) in [6.45, 7) is 3.76. The number of likely N-dealkylation sites (tertiary alicyclic amines) is 1. The number of rotatable bonds is 3. The Morgan fingerprint density at radius 1 is 1.32 bits per heavy atom. The molecule has 0 N–H and O–H groups in total. The minimum Gasteiger partial charge on any atom is -0.361 e. The van der Waals surface area contributed by atoms with Gasteiger partial charge in [-0.15, -0.1) is 0 Å². The molecule has 0 bridgehead atoms. The fraction of sp³-hybridized carbons (Fsp3) is 0.556. The van der Waals surface area contributed by atoms with Gasteiger partial charge in [0, 0.05) is 25.7 Å². The van der Waals surface area contributed by atoms with Crippen LogP contribution in [0.1, 0.15) is 46.6 Å². The normalized spacial score (nSPS) is 17.7. The summed E-state index contributed by atoms with van der Waals surface area (Å²) < 4.78 is 6.60. The van der Waals surface area contributed by atoms with Crippen molar-refractivity contribution in [2.24, 2.45) is 5.92 Å². The van der Waals surface area contributed by atoms with Crippen LogP contribution in [0.25, 0.3) is 0 Å². The molecular formula is C18H22N4O3. The van der Waals surface area contributed by atoms with Gasteiger partial charge in [0.1, 0.15) is 11.3 Å². The number of hydrogen-bond acceptors (Lipinski definition) is 5. The van der Waals surface area contributed by atoms with Crippen LogP contribution in [0.15, 0.2) is 21.6 Å². The number of carbonyl (C=O) groups excluding carboxylic acids is 1. The van der Waals surface area contributed by atoms with Gasteiger partial charge in [-0.1, -0.05) is 5.16 Å². The van der Waals surface area contributed by atoms with Gasteiger partial charge in [-0.2, -0.15) is 5.10 Å². The van der Waals surface area contributed by atoms with Crippen molar-refractivity contribution in [2.45, 2.75) is 45.6 Å². The van der Waals surface area contributed by atoms with Crippen LogP contribution in [0.2, 0.25) is 0 Å². The second kappa shape index (κ2) is 6.46. The van der Waals surface area contributed by atoms with E-state index in [1.165, 1.54) is 6.20 Å². The number of amides is 1. The summed E-state index contributed by atoms with van der Waals surface area (Å²) in [5.41, 5.74) is 2.73. The Balaban J connectivity index is 1.39. The van der Waals surface area contributed by atoms with Crippen LogP contribution in [0.4, 0.5) is 0 Å². The van der Waals surface area contributed by atoms with Crippen molar-refractivity contribution < 1.29 is 9.32 Å².